The van der Waals surface area contributed by atoms with Crippen LogP contribution in [0.1, 0.15) is 29.5 Å². The number of piperidine rings is 1. The molecule has 2 aliphatic rings. The van der Waals surface area contributed by atoms with Crippen molar-refractivity contribution in [3.63, 3.8) is 0 Å². The van der Waals surface area contributed by atoms with E-state index in [1.54, 1.807) is 6.33 Å². The first kappa shape index (κ1) is 22.5. The summed E-state index contributed by atoms with van der Waals surface area (Å²) in [6, 6.07) is 17.4. The van der Waals surface area contributed by atoms with Crippen LogP contribution >= 0.6 is 0 Å². The molecule has 0 saturated carbocycles. The van der Waals surface area contributed by atoms with Crippen LogP contribution in [-0.4, -0.2) is 49.2 Å². The molecular formula is C28H36N6. The summed E-state index contributed by atoms with van der Waals surface area (Å²) in [5.41, 5.74) is 12.9. The molecule has 0 atom stereocenters. The van der Waals surface area contributed by atoms with Crippen LogP contribution in [0.2, 0.25) is 0 Å². The van der Waals surface area contributed by atoms with Gasteiger partial charge in [-0.15, -0.1) is 0 Å². The van der Waals surface area contributed by atoms with Crippen molar-refractivity contribution < 1.29 is 0 Å². The van der Waals surface area contributed by atoms with E-state index in [2.05, 4.69) is 87.0 Å². The minimum atomic E-state index is 0.722. The lowest BCUT2D eigenvalue weighted by Gasteiger charge is -2.38. The van der Waals surface area contributed by atoms with Crippen molar-refractivity contribution in [3.8, 4) is 0 Å². The van der Waals surface area contributed by atoms with Crippen LogP contribution in [0.4, 0.5) is 23.0 Å². The molecule has 2 saturated heterocycles. The largest absolute Gasteiger partial charge is 0.393 e. The predicted molar refractivity (Wildman–Crippen MR) is 142 cm³/mol. The van der Waals surface area contributed by atoms with E-state index < -0.39 is 0 Å². The standard InChI is InChI=1S/C28H36N6/c1-21-7-6-10-25(22(21)2)32-15-17-34(18-16-32)28-26(29)27(30-20-31-28)33-13-11-24(12-14-33)19-23-8-4-3-5-9-23/h3-10,20,24H,11-19,29H2,1-2H3. The number of nitrogens with zero attached hydrogens (tertiary/aromatic N) is 5. The molecule has 1 aromatic heterocycles. The molecule has 6 heteroatoms. The number of nitrogen functional groups attached to an aromatic ring is 1. The summed E-state index contributed by atoms with van der Waals surface area (Å²) in [5, 5.41) is 0. The maximum absolute atomic E-state index is 6.67. The number of piperazine rings is 1. The summed E-state index contributed by atoms with van der Waals surface area (Å²) in [7, 11) is 0. The Morgan fingerprint density at radius 2 is 1.38 bits per heavy atom. The Morgan fingerprint density at radius 3 is 2.06 bits per heavy atom. The monoisotopic (exact) mass is 456 g/mol. The minimum absolute atomic E-state index is 0.722. The van der Waals surface area contributed by atoms with Gasteiger partial charge < -0.3 is 20.4 Å². The topological polar surface area (TPSA) is 61.5 Å². The van der Waals surface area contributed by atoms with Gasteiger partial charge in [0.1, 0.15) is 12.0 Å². The highest BCUT2D eigenvalue weighted by Crippen LogP contribution is 2.33. The van der Waals surface area contributed by atoms with E-state index in [9.17, 15) is 0 Å². The van der Waals surface area contributed by atoms with Gasteiger partial charge in [0.05, 0.1) is 0 Å². The second-order valence-electron chi connectivity index (χ2n) is 9.75. The van der Waals surface area contributed by atoms with E-state index >= 15 is 0 Å². The Kier molecular flexibility index (Phi) is 6.57. The van der Waals surface area contributed by atoms with E-state index in [4.69, 9.17) is 5.73 Å². The molecular weight excluding hydrogens is 420 g/mol. The van der Waals surface area contributed by atoms with Crippen molar-refractivity contribution in [2.24, 2.45) is 5.92 Å². The average molecular weight is 457 g/mol. The highest BCUT2D eigenvalue weighted by atomic mass is 15.3. The third-order valence-corrected chi connectivity index (χ3v) is 7.62. The number of aromatic nitrogens is 2. The lowest BCUT2D eigenvalue weighted by Crippen LogP contribution is -2.47. The van der Waals surface area contributed by atoms with Gasteiger partial charge in [-0.2, -0.15) is 0 Å². The minimum Gasteiger partial charge on any atom is -0.393 e. The Morgan fingerprint density at radius 1 is 0.765 bits per heavy atom. The zero-order valence-electron chi connectivity index (χ0n) is 20.5. The molecule has 5 rings (SSSR count). The Hall–Kier alpha value is -3.28. The SMILES string of the molecule is Cc1cccc(N2CCN(c3ncnc(N4CCC(Cc5ccccc5)CC4)c3N)CC2)c1C. The van der Waals surface area contributed by atoms with Crippen molar-refractivity contribution in [1.29, 1.82) is 0 Å². The summed E-state index contributed by atoms with van der Waals surface area (Å²) in [6.07, 6.45) is 5.18. The molecule has 0 amide bonds. The molecule has 0 aliphatic carbocycles. The smallest absolute Gasteiger partial charge is 0.157 e. The maximum atomic E-state index is 6.67. The lowest BCUT2D eigenvalue weighted by atomic mass is 9.90. The fourth-order valence-electron chi connectivity index (χ4n) is 5.41. The van der Waals surface area contributed by atoms with Crippen LogP contribution in [-0.2, 0) is 6.42 Å². The summed E-state index contributed by atoms with van der Waals surface area (Å²) in [5.74, 6) is 2.51. The maximum Gasteiger partial charge on any atom is 0.157 e. The number of aryl methyl sites for hydroxylation is 1. The van der Waals surface area contributed by atoms with Crippen LogP contribution in [0, 0.1) is 19.8 Å². The molecule has 3 heterocycles. The van der Waals surface area contributed by atoms with Gasteiger partial charge >= 0.3 is 0 Å². The normalized spacial score (nSPS) is 17.3. The van der Waals surface area contributed by atoms with Crippen molar-refractivity contribution >= 4 is 23.0 Å². The van der Waals surface area contributed by atoms with Gasteiger partial charge in [0.2, 0.25) is 0 Å². The van der Waals surface area contributed by atoms with Crippen LogP contribution in [0.3, 0.4) is 0 Å². The van der Waals surface area contributed by atoms with Gasteiger partial charge in [-0.25, -0.2) is 9.97 Å². The first-order valence-electron chi connectivity index (χ1n) is 12.6. The van der Waals surface area contributed by atoms with E-state index in [1.165, 1.54) is 35.2 Å². The zero-order chi connectivity index (χ0) is 23.5. The first-order valence-corrected chi connectivity index (χ1v) is 12.6. The van der Waals surface area contributed by atoms with Gasteiger partial charge in [0, 0.05) is 45.0 Å². The molecule has 6 nitrogen and oxygen atoms in total. The number of anilines is 4. The predicted octanol–water partition coefficient (Wildman–Crippen LogP) is 4.46. The number of hydrogen-bond donors (Lipinski definition) is 1. The number of nitrogens with two attached hydrogens (primary N) is 1. The Bertz CT molecular complexity index is 1100. The van der Waals surface area contributed by atoms with Crippen molar-refractivity contribution in [3.05, 3.63) is 71.5 Å². The number of hydrogen-bond acceptors (Lipinski definition) is 6. The van der Waals surface area contributed by atoms with E-state index in [-0.39, 0.29) is 0 Å². The fraction of sp³-hybridized carbons (Fsp3) is 0.429. The molecule has 3 aromatic rings. The summed E-state index contributed by atoms with van der Waals surface area (Å²) >= 11 is 0. The fourth-order valence-corrected chi connectivity index (χ4v) is 5.41. The second-order valence-corrected chi connectivity index (χ2v) is 9.75. The van der Waals surface area contributed by atoms with Gasteiger partial charge in [-0.1, -0.05) is 42.5 Å². The molecule has 34 heavy (non-hydrogen) atoms. The van der Waals surface area contributed by atoms with Crippen LogP contribution in [0.25, 0.3) is 0 Å². The Balaban J connectivity index is 1.22. The number of rotatable bonds is 5. The highest BCUT2D eigenvalue weighted by molar-refractivity contribution is 5.76. The first-order chi connectivity index (χ1) is 16.6. The van der Waals surface area contributed by atoms with E-state index in [0.717, 1.165) is 68.9 Å². The van der Waals surface area contributed by atoms with Gasteiger partial charge in [0.25, 0.3) is 0 Å². The second kappa shape index (κ2) is 9.92. The van der Waals surface area contributed by atoms with E-state index in [1.807, 2.05) is 0 Å². The van der Waals surface area contributed by atoms with Gasteiger partial charge in [-0.3, -0.25) is 0 Å². The third-order valence-electron chi connectivity index (χ3n) is 7.62. The summed E-state index contributed by atoms with van der Waals surface area (Å²) in [6.45, 7) is 10.1. The highest BCUT2D eigenvalue weighted by Gasteiger charge is 2.26. The third kappa shape index (κ3) is 4.67. The Labute approximate surface area is 203 Å². The van der Waals surface area contributed by atoms with Crippen molar-refractivity contribution in [1.82, 2.24) is 9.97 Å². The quantitative estimate of drug-likeness (QED) is 0.612. The summed E-state index contributed by atoms with van der Waals surface area (Å²) in [4.78, 5) is 16.4. The summed E-state index contributed by atoms with van der Waals surface area (Å²) < 4.78 is 0. The average Bonchev–Trinajstić information content (AvgIpc) is 2.87. The lowest BCUT2D eigenvalue weighted by molar-refractivity contribution is 0.402. The molecule has 2 N–H and O–H groups in total. The van der Waals surface area contributed by atoms with Crippen molar-refractivity contribution in [2.75, 3.05) is 59.7 Å². The van der Waals surface area contributed by atoms with Crippen LogP contribution in [0.15, 0.2) is 54.9 Å². The van der Waals surface area contributed by atoms with Crippen LogP contribution < -0.4 is 20.4 Å². The molecule has 2 aromatic carbocycles. The van der Waals surface area contributed by atoms with Crippen molar-refractivity contribution in [2.45, 2.75) is 33.1 Å². The van der Waals surface area contributed by atoms with Gasteiger partial charge in [0.15, 0.2) is 11.6 Å². The molecule has 0 unspecified atom stereocenters. The number of benzene rings is 2. The van der Waals surface area contributed by atoms with E-state index in [0.29, 0.717) is 0 Å². The zero-order valence-corrected chi connectivity index (χ0v) is 20.5. The molecule has 0 radical (unpaired) electrons. The van der Waals surface area contributed by atoms with Gasteiger partial charge in [-0.05, 0) is 61.8 Å². The molecule has 0 spiro atoms. The molecule has 0 bridgehead atoms. The van der Waals surface area contributed by atoms with Crippen LogP contribution in [0.5, 0.6) is 0 Å². The molecule has 2 aliphatic heterocycles. The molecule has 2 fully saturated rings. The molecule has 178 valence electrons.